The molecule has 2 rings (SSSR count). The smallest absolute Gasteiger partial charge is 0.350 e. The summed E-state index contributed by atoms with van der Waals surface area (Å²) in [5, 5.41) is 0.689. The molecular weight excluding hydrogens is 421 g/mol. The van der Waals surface area contributed by atoms with E-state index in [0.29, 0.717) is 15.6 Å². The van der Waals surface area contributed by atoms with Gasteiger partial charge in [-0.25, -0.2) is 4.79 Å². The van der Waals surface area contributed by atoms with E-state index in [2.05, 4.69) is 36.4 Å². The number of hydrogen-bond donors (Lipinski definition) is 1. The van der Waals surface area contributed by atoms with Crippen molar-refractivity contribution >= 4 is 57.2 Å². The van der Waals surface area contributed by atoms with Crippen molar-refractivity contribution in [1.82, 2.24) is 0 Å². The third kappa shape index (κ3) is 3.19. The Labute approximate surface area is 146 Å². The first-order valence-corrected chi connectivity index (χ1v) is 8.60. The monoisotopic (exact) mass is 435 g/mol. The lowest BCUT2D eigenvalue weighted by Gasteiger charge is -2.09. The summed E-state index contributed by atoms with van der Waals surface area (Å²) in [5.74, 6) is -0.199. The summed E-state index contributed by atoms with van der Waals surface area (Å²) in [5.41, 5.74) is 8.61. The highest BCUT2D eigenvalue weighted by atomic mass is 127. The Balaban J connectivity index is 2.67. The van der Waals surface area contributed by atoms with E-state index >= 15 is 0 Å². The molecule has 2 N–H and O–H groups in total. The molecule has 0 amide bonds. The third-order valence-electron chi connectivity index (χ3n) is 3.11. The van der Waals surface area contributed by atoms with Crippen LogP contribution in [0, 0.1) is 3.57 Å². The molecule has 0 spiro atoms. The number of nitrogen functional groups attached to an aromatic ring is 1. The van der Waals surface area contributed by atoms with E-state index in [1.54, 1.807) is 0 Å². The fraction of sp³-hybridized carbons (Fsp3) is 0.267. The third-order valence-corrected chi connectivity index (χ3v) is 5.94. The molecule has 0 saturated carbocycles. The minimum atomic E-state index is -0.401. The van der Waals surface area contributed by atoms with E-state index < -0.39 is 5.97 Å². The van der Waals surface area contributed by atoms with Gasteiger partial charge in [-0.05, 0) is 51.8 Å². The fourth-order valence-corrected chi connectivity index (χ4v) is 3.93. The van der Waals surface area contributed by atoms with Crippen LogP contribution in [0.15, 0.2) is 18.2 Å². The summed E-state index contributed by atoms with van der Waals surface area (Å²) >= 11 is 9.74. The van der Waals surface area contributed by atoms with Gasteiger partial charge in [0.1, 0.15) is 4.88 Å². The summed E-state index contributed by atoms with van der Waals surface area (Å²) in [6.07, 6.45) is 0. The van der Waals surface area contributed by atoms with Crippen molar-refractivity contribution in [3.63, 3.8) is 0 Å². The predicted molar refractivity (Wildman–Crippen MR) is 97.3 cm³/mol. The fourth-order valence-electron chi connectivity index (χ4n) is 2.13. The normalized spacial score (nSPS) is 11.0. The zero-order valence-electron chi connectivity index (χ0n) is 11.9. The number of thiophene rings is 1. The van der Waals surface area contributed by atoms with Crippen molar-refractivity contribution in [2.24, 2.45) is 0 Å². The first kappa shape index (κ1) is 16.6. The molecule has 0 aliphatic rings. The predicted octanol–water partition coefficient (Wildman–Crippen LogP) is 5.17. The van der Waals surface area contributed by atoms with Gasteiger partial charge in [0.05, 0.1) is 17.8 Å². The molecule has 112 valence electrons. The van der Waals surface area contributed by atoms with Crippen LogP contribution in [0.5, 0.6) is 0 Å². The SMILES string of the molecule is COC(=O)c1sc(-c2ccc(I)c(Cl)c2)c(C(C)C)c1N. The van der Waals surface area contributed by atoms with Crippen LogP contribution in [0.3, 0.4) is 0 Å². The van der Waals surface area contributed by atoms with Gasteiger partial charge in [-0.2, -0.15) is 0 Å². The molecule has 0 saturated heterocycles. The van der Waals surface area contributed by atoms with Gasteiger partial charge < -0.3 is 10.5 Å². The number of benzene rings is 1. The second kappa shape index (κ2) is 6.54. The molecule has 1 aromatic carbocycles. The topological polar surface area (TPSA) is 52.3 Å². The maximum atomic E-state index is 11.9. The van der Waals surface area contributed by atoms with E-state index in [1.165, 1.54) is 18.4 Å². The van der Waals surface area contributed by atoms with Crippen LogP contribution in [0.25, 0.3) is 10.4 Å². The number of esters is 1. The number of nitrogens with two attached hydrogens (primary N) is 1. The zero-order chi connectivity index (χ0) is 15.7. The molecule has 0 atom stereocenters. The molecule has 21 heavy (non-hydrogen) atoms. The standard InChI is InChI=1S/C15H15ClINO2S/c1-7(2)11-12(18)14(15(19)20-3)21-13(11)8-4-5-10(17)9(16)6-8/h4-7H,18H2,1-3H3. The lowest BCUT2D eigenvalue weighted by atomic mass is 9.98. The summed E-state index contributed by atoms with van der Waals surface area (Å²) in [4.78, 5) is 13.3. The highest BCUT2D eigenvalue weighted by molar-refractivity contribution is 14.1. The molecule has 0 fully saturated rings. The number of carbonyl (C=O) groups is 1. The van der Waals surface area contributed by atoms with Gasteiger partial charge in [-0.1, -0.05) is 31.5 Å². The summed E-state index contributed by atoms with van der Waals surface area (Å²) in [7, 11) is 1.36. The van der Waals surface area contributed by atoms with Gasteiger partial charge in [0.15, 0.2) is 0 Å². The van der Waals surface area contributed by atoms with Crippen molar-refractivity contribution in [2.75, 3.05) is 12.8 Å². The molecule has 0 bridgehead atoms. The molecule has 0 aliphatic heterocycles. The van der Waals surface area contributed by atoms with Gasteiger partial charge >= 0.3 is 5.97 Å². The van der Waals surface area contributed by atoms with Crippen molar-refractivity contribution in [1.29, 1.82) is 0 Å². The van der Waals surface area contributed by atoms with Gasteiger partial charge in [0.2, 0.25) is 0 Å². The van der Waals surface area contributed by atoms with Gasteiger partial charge in [-0.3, -0.25) is 0 Å². The van der Waals surface area contributed by atoms with Crippen LogP contribution in [0.2, 0.25) is 5.02 Å². The quantitative estimate of drug-likeness (QED) is 0.535. The van der Waals surface area contributed by atoms with E-state index in [1.807, 2.05) is 18.2 Å². The van der Waals surface area contributed by atoms with Gasteiger partial charge in [-0.15, -0.1) is 11.3 Å². The van der Waals surface area contributed by atoms with E-state index in [-0.39, 0.29) is 5.92 Å². The Morgan fingerprint density at radius 2 is 2.10 bits per heavy atom. The maximum absolute atomic E-state index is 11.9. The van der Waals surface area contributed by atoms with Crippen molar-refractivity contribution < 1.29 is 9.53 Å². The Bertz CT molecular complexity index is 697. The number of anilines is 1. The highest BCUT2D eigenvalue weighted by Gasteiger charge is 2.24. The number of carbonyl (C=O) groups excluding carboxylic acids is 1. The highest BCUT2D eigenvalue weighted by Crippen LogP contribution is 2.43. The maximum Gasteiger partial charge on any atom is 0.350 e. The average Bonchev–Trinajstić information content (AvgIpc) is 2.78. The average molecular weight is 436 g/mol. The molecule has 1 aromatic heterocycles. The number of rotatable bonds is 3. The van der Waals surface area contributed by atoms with Crippen LogP contribution in [0.1, 0.15) is 35.0 Å². The van der Waals surface area contributed by atoms with Crippen molar-refractivity contribution in [3.05, 3.63) is 37.2 Å². The Hall–Kier alpha value is -0.790. The lowest BCUT2D eigenvalue weighted by Crippen LogP contribution is -2.03. The Morgan fingerprint density at radius 3 is 2.62 bits per heavy atom. The Kier molecular flexibility index (Phi) is 5.16. The summed E-state index contributed by atoms with van der Waals surface area (Å²) < 4.78 is 5.80. The molecule has 0 aliphatic carbocycles. The van der Waals surface area contributed by atoms with Crippen LogP contribution in [-0.4, -0.2) is 13.1 Å². The van der Waals surface area contributed by atoms with Gasteiger partial charge in [0, 0.05) is 8.45 Å². The first-order chi connectivity index (χ1) is 9.86. The van der Waals surface area contributed by atoms with E-state index in [9.17, 15) is 4.79 Å². The summed E-state index contributed by atoms with van der Waals surface area (Å²) in [6, 6.07) is 5.85. The molecular formula is C15H15ClINO2S. The van der Waals surface area contributed by atoms with Crippen LogP contribution >= 0.6 is 45.5 Å². The number of hydrogen-bond acceptors (Lipinski definition) is 4. The molecule has 2 aromatic rings. The molecule has 0 radical (unpaired) electrons. The minimum absolute atomic E-state index is 0.202. The van der Waals surface area contributed by atoms with Crippen molar-refractivity contribution in [3.8, 4) is 10.4 Å². The largest absolute Gasteiger partial charge is 0.465 e. The minimum Gasteiger partial charge on any atom is -0.465 e. The van der Waals surface area contributed by atoms with Crippen molar-refractivity contribution in [2.45, 2.75) is 19.8 Å². The van der Waals surface area contributed by atoms with Crippen LogP contribution < -0.4 is 5.73 Å². The summed E-state index contributed by atoms with van der Waals surface area (Å²) in [6.45, 7) is 4.11. The molecule has 1 heterocycles. The van der Waals surface area contributed by atoms with Crippen LogP contribution in [-0.2, 0) is 4.74 Å². The van der Waals surface area contributed by atoms with Gasteiger partial charge in [0.25, 0.3) is 0 Å². The number of ether oxygens (including phenoxy) is 1. The number of methoxy groups -OCH3 is 1. The number of halogens is 2. The van der Waals surface area contributed by atoms with Crippen LogP contribution in [0.4, 0.5) is 5.69 Å². The molecule has 3 nitrogen and oxygen atoms in total. The van der Waals surface area contributed by atoms with E-state index in [0.717, 1.165) is 19.6 Å². The van der Waals surface area contributed by atoms with E-state index in [4.69, 9.17) is 22.1 Å². The second-order valence-corrected chi connectivity index (χ2v) is 7.45. The zero-order valence-corrected chi connectivity index (χ0v) is 15.6. The molecule has 6 heteroatoms. The lowest BCUT2D eigenvalue weighted by molar-refractivity contribution is 0.0607. The molecule has 0 unspecified atom stereocenters. The first-order valence-electron chi connectivity index (χ1n) is 6.32. The Morgan fingerprint density at radius 1 is 1.43 bits per heavy atom. The second-order valence-electron chi connectivity index (χ2n) is 4.86.